The molecule has 1 rings (SSSR count). The van der Waals surface area contributed by atoms with Crippen molar-refractivity contribution in [1.29, 1.82) is 0 Å². The van der Waals surface area contributed by atoms with Crippen molar-refractivity contribution in [3.05, 3.63) is 27.4 Å². The van der Waals surface area contributed by atoms with Crippen LogP contribution in [0, 0.1) is 17.0 Å². The van der Waals surface area contributed by atoms with Crippen LogP contribution in [0.3, 0.4) is 0 Å². The highest BCUT2D eigenvalue weighted by molar-refractivity contribution is 5.41. The molecule has 0 radical (unpaired) electrons. The van der Waals surface area contributed by atoms with Gasteiger partial charge in [0.05, 0.1) is 5.56 Å². The second-order valence-corrected chi connectivity index (χ2v) is 3.04. The summed E-state index contributed by atoms with van der Waals surface area (Å²) in [5.74, 6) is -1.37. The van der Waals surface area contributed by atoms with Crippen LogP contribution in [0.15, 0.2) is 6.07 Å². The van der Waals surface area contributed by atoms with Crippen LogP contribution in [0.4, 0.5) is 19.0 Å². The van der Waals surface area contributed by atoms with Gasteiger partial charge in [0.15, 0.2) is 5.75 Å². The maximum absolute atomic E-state index is 12.0. The largest absolute Gasteiger partial charge is 0.573 e. The fourth-order valence-corrected chi connectivity index (χ4v) is 1.13. The maximum Gasteiger partial charge on any atom is 0.573 e. The second kappa shape index (κ2) is 4.53. The summed E-state index contributed by atoms with van der Waals surface area (Å²) in [6.07, 6.45) is -4.95. The minimum absolute atomic E-state index is 0.0912. The van der Waals surface area contributed by atoms with Crippen LogP contribution in [0.2, 0.25) is 0 Å². The van der Waals surface area contributed by atoms with Crippen molar-refractivity contribution in [1.82, 2.24) is 4.98 Å². The molecule has 0 aliphatic carbocycles. The molecule has 6 nitrogen and oxygen atoms in total. The molecular weight excluding hydrogens is 245 g/mol. The summed E-state index contributed by atoms with van der Waals surface area (Å²) in [6.45, 7) is 0.321. The van der Waals surface area contributed by atoms with Gasteiger partial charge in [-0.2, -0.15) is 0 Å². The van der Waals surface area contributed by atoms with Crippen molar-refractivity contribution in [2.45, 2.75) is 19.9 Å². The fraction of sp³-hybridized carbons (Fsp3) is 0.375. The van der Waals surface area contributed by atoms with Crippen LogP contribution < -0.4 is 4.74 Å². The third kappa shape index (κ3) is 3.28. The predicted octanol–water partition coefficient (Wildman–Crippen LogP) is 1.69. The van der Waals surface area contributed by atoms with Gasteiger partial charge in [0.2, 0.25) is 5.69 Å². The number of hydrogen-bond donors (Lipinski definition) is 1. The number of aliphatic hydroxyl groups excluding tert-OH is 1. The number of nitrogens with zero attached hydrogens (tertiary/aromatic N) is 2. The predicted molar refractivity (Wildman–Crippen MR) is 48.2 cm³/mol. The minimum atomic E-state index is -4.95. The highest BCUT2D eigenvalue weighted by atomic mass is 19.4. The summed E-state index contributed by atoms with van der Waals surface area (Å²) in [6, 6.07) is 0.810. The van der Waals surface area contributed by atoms with Gasteiger partial charge in [-0.1, -0.05) is 0 Å². The van der Waals surface area contributed by atoms with Crippen molar-refractivity contribution in [2.75, 3.05) is 0 Å². The standard InChI is InChI=1S/C8H7F3N2O4/c1-4-2-6(17-8(9,10)11)5(3-14)12-7(4)13(15)16/h2,14H,3H2,1H3. The van der Waals surface area contributed by atoms with E-state index in [1.807, 2.05) is 0 Å². The Balaban J connectivity index is 3.24. The summed E-state index contributed by atoms with van der Waals surface area (Å²) in [5, 5.41) is 19.3. The molecule has 0 atom stereocenters. The molecule has 1 aromatic rings. The van der Waals surface area contributed by atoms with E-state index in [1.165, 1.54) is 6.92 Å². The Morgan fingerprint density at radius 1 is 1.59 bits per heavy atom. The summed E-state index contributed by atoms with van der Waals surface area (Å²) in [7, 11) is 0. The number of rotatable bonds is 3. The van der Waals surface area contributed by atoms with Crippen LogP contribution in [-0.4, -0.2) is 21.4 Å². The number of aryl methyl sites for hydroxylation is 1. The lowest BCUT2D eigenvalue weighted by Crippen LogP contribution is -2.19. The average molecular weight is 252 g/mol. The molecule has 1 N–H and O–H groups in total. The van der Waals surface area contributed by atoms with E-state index in [0.29, 0.717) is 0 Å². The van der Waals surface area contributed by atoms with Gasteiger partial charge in [0.25, 0.3) is 0 Å². The highest BCUT2D eigenvalue weighted by Crippen LogP contribution is 2.29. The van der Waals surface area contributed by atoms with E-state index in [2.05, 4.69) is 9.72 Å². The Labute approximate surface area is 92.8 Å². The van der Waals surface area contributed by atoms with Gasteiger partial charge in [-0.05, 0) is 22.9 Å². The van der Waals surface area contributed by atoms with E-state index in [9.17, 15) is 23.3 Å². The Morgan fingerprint density at radius 3 is 2.59 bits per heavy atom. The molecule has 1 aromatic heterocycles. The summed E-state index contributed by atoms with van der Waals surface area (Å²) in [4.78, 5) is 12.9. The summed E-state index contributed by atoms with van der Waals surface area (Å²) >= 11 is 0. The van der Waals surface area contributed by atoms with Gasteiger partial charge in [0, 0.05) is 0 Å². The number of alkyl halides is 3. The zero-order valence-electron chi connectivity index (χ0n) is 8.48. The number of nitro groups is 1. The monoisotopic (exact) mass is 252 g/mol. The molecule has 0 aliphatic rings. The number of aromatic nitrogens is 1. The molecule has 0 amide bonds. The molecule has 0 aliphatic heterocycles. The topological polar surface area (TPSA) is 85.5 Å². The Morgan fingerprint density at radius 2 is 2.18 bits per heavy atom. The van der Waals surface area contributed by atoms with E-state index in [4.69, 9.17) is 5.11 Å². The first-order chi connectivity index (χ1) is 7.74. The van der Waals surface area contributed by atoms with Crippen molar-refractivity contribution >= 4 is 5.82 Å². The lowest BCUT2D eigenvalue weighted by atomic mass is 10.2. The molecule has 0 aromatic carbocycles. The highest BCUT2D eigenvalue weighted by Gasteiger charge is 2.34. The number of pyridine rings is 1. The smallest absolute Gasteiger partial charge is 0.401 e. The molecule has 17 heavy (non-hydrogen) atoms. The van der Waals surface area contributed by atoms with E-state index >= 15 is 0 Å². The first-order valence-corrected chi connectivity index (χ1v) is 4.26. The van der Waals surface area contributed by atoms with Gasteiger partial charge in [0.1, 0.15) is 6.61 Å². The molecule has 1 heterocycles. The van der Waals surface area contributed by atoms with Crippen molar-refractivity contribution in [3.8, 4) is 5.75 Å². The summed E-state index contributed by atoms with van der Waals surface area (Å²) < 4.78 is 39.5. The molecule has 0 unspecified atom stereocenters. The molecule has 9 heteroatoms. The Kier molecular flexibility index (Phi) is 3.51. The molecular formula is C8H7F3N2O4. The van der Waals surface area contributed by atoms with Crippen LogP contribution in [-0.2, 0) is 6.61 Å². The van der Waals surface area contributed by atoms with E-state index in [1.54, 1.807) is 0 Å². The molecule has 94 valence electrons. The summed E-state index contributed by atoms with van der Waals surface area (Å²) in [5.41, 5.74) is -0.633. The van der Waals surface area contributed by atoms with E-state index in [0.717, 1.165) is 6.07 Å². The fourth-order valence-electron chi connectivity index (χ4n) is 1.13. The van der Waals surface area contributed by atoms with Crippen LogP contribution in [0.25, 0.3) is 0 Å². The molecule has 0 fully saturated rings. The first-order valence-electron chi connectivity index (χ1n) is 4.26. The van der Waals surface area contributed by atoms with Gasteiger partial charge >= 0.3 is 12.2 Å². The number of halogens is 3. The first kappa shape index (κ1) is 13.2. The molecule has 0 bridgehead atoms. The lowest BCUT2D eigenvalue weighted by molar-refractivity contribution is -0.390. The third-order valence-electron chi connectivity index (χ3n) is 1.77. The van der Waals surface area contributed by atoms with Gasteiger partial charge < -0.3 is 20.0 Å². The zero-order chi connectivity index (χ0) is 13.2. The average Bonchev–Trinajstić information content (AvgIpc) is 2.14. The van der Waals surface area contributed by atoms with Gasteiger partial charge in [-0.15, -0.1) is 13.2 Å². The van der Waals surface area contributed by atoms with Gasteiger partial charge in [-0.25, -0.2) is 0 Å². The minimum Gasteiger partial charge on any atom is -0.401 e. The van der Waals surface area contributed by atoms with Crippen molar-refractivity contribution in [2.24, 2.45) is 0 Å². The quantitative estimate of drug-likeness (QED) is 0.653. The van der Waals surface area contributed by atoms with Crippen molar-refractivity contribution in [3.63, 3.8) is 0 Å². The molecule has 0 saturated carbocycles. The second-order valence-electron chi connectivity index (χ2n) is 3.04. The maximum atomic E-state index is 12.0. The van der Waals surface area contributed by atoms with Crippen LogP contribution >= 0.6 is 0 Å². The van der Waals surface area contributed by atoms with Crippen LogP contribution in [0.1, 0.15) is 11.3 Å². The van der Waals surface area contributed by atoms with Gasteiger partial charge in [-0.3, -0.25) is 0 Å². The lowest BCUT2D eigenvalue weighted by Gasteiger charge is -2.10. The Hall–Kier alpha value is -1.90. The Bertz CT molecular complexity index is 447. The number of hydrogen-bond acceptors (Lipinski definition) is 5. The zero-order valence-corrected chi connectivity index (χ0v) is 8.48. The molecule has 0 spiro atoms. The number of aliphatic hydroxyl groups is 1. The third-order valence-corrected chi connectivity index (χ3v) is 1.77. The van der Waals surface area contributed by atoms with Crippen LogP contribution in [0.5, 0.6) is 5.75 Å². The van der Waals surface area contributed by atoms with E-state index in [-0.39, 0.29) is 5.56 Å². The normalized spacial score (nSPS) is 11.4. The van der Waals surface area contributed by atoms with E-state index < -0.39 is 35.2 Å². The molecule has 0 saturated heterocycles. The number of ether oxygens (including phenoxy) is 1. The SMILES string of the molecule is Cc1cc(OC(F)(F)F)c(CO)nc1[N+](=O)[O-]. The van der Waals surface area contributed by atoms with Crippen molar-refractivity contribution < 1.29 is 27.9 Å².